The Kier molecular flexibility index (Phi) is 5.62. The van der Waals surface area contributed by atoms with Crippen LogP contribution in [0.5, 0.6) is 11.5 Å². The normalized spacial score (nSPS) is 13.4. The third-order valence-electron chi connectivity index (χ3n) is 3.53. The molecule has 3 rings (SSSR count). The number of anilines is 1. The van der Waals surface area contributed by atoms with Gasteiger partial charge in [0.05, 0.1) is 5.75 Å². The quantitative estimate of drug-likeness (QED) is 0.556. The second-order valence-electron chi connectivity index (χ2n) is 6.29. The molecule has 1 aromatic carbocycles. The predicted octanol–water partition coefficient (Wildman–Crippen LogP) is 2.24. The van der Waals surface area contributed by atoms with Crippen molar-refractivity contribution in [2.45, 2.75) is 19.0 Å². The molecular formula is C17H16N4O5S2. The Morgan fingerprint density at radius 1 is 1.39 bits per heavy atom. The molecule has 9 nitrogen and oxygen atoms in total. The van der Waals surface area contributed by atoms with E-state index in [1.54, 1.807) is 32.0 Å². The summed E-state index contributed by atoms with van der Waals surface area (Å²) in [6.07, 6.45) is 1.38. The van der Waals surface area contributed by atoms with Crippen LogP contribution in [0.1, 0.15) is 19.4 Å². The van der Waals surface area contributed by atoms with Crippen molar-refractivity contribution >= 4 is 38.5 Å². The highest BCUT2D eigenvalue weighted by Gasteiger charge is 2.23. The Morgan fingerprint density at radius 3 is 2.86 bits per heavy atom. The van der Waals surface area contributed by atoms with E-state index in [1.165, 1.54) is 6.08 Å². The van der Waals surface area contributed by atoms with Gasteiger partial charge in [0.1, 0.15) is 11.6 Å². The molecule has 0 atom stereocenters. The van der Waals surface area contributed by atoms with Crippen LogP contribution in [0.2, 0.25) is 0 Å². The highest BCUT2D eigenvalue weighted by Crippen LogP contribution is 2.33. The van der Waals surface area contributed by atoms with Crippen LogP contribution in [0.3, 0.4) is 0 Å². The van der Waals surface area contributed by atoms with E-state index in [2.05, 4.69) is 14.7 Å². The van der Waals surface area contributed by atoms with Crippen molar-refractivity contribution in [2.75, 3.05) is 17.9 Å². The first-order chi connectivity index (χ1) is 13.3. The Balaban J connectivity index is 1.75. The van der Waals surface area contributed by atoms with Crippen molar-refractivity contribution in [3.8, 4) is 17.6 Å². The largest absolute Gasteiger partial charge is 0.454 e. The Hall–Kier alpha value is -2.97. The maximum absolute atomic E-state index is 12.4. The molecule has 1 N–H and O–H groups in total. The second-order valence-corrected chi connectivity index (χ2v) is 8.97. The Labute approximate surface area is 165 Å². The van der Waals surface area contributed by atoms with Gasteiger partial charge in [-0.25, -0.2) is 8.42 Å². The number of ether oxygens (including phenoxy) is 2. The molecule has 11 heteroatoms. The highest BCUT2D eigenvalue weighted by atomic mass is 32.2. The van der Waals surface area contributed by atoms with Crippen LogP contribution in [-0.2, 0) is 14.6 Å². The lowest BCUT2D eigenvalue weighted by atomic mass is 10.1. The first-order valence-corrected chi connectivity index (χ1v) is 10.6. The summed E-state index contributed by atoms with van der Waals surface area (Å²) in [5, 5.41) is 11.4. The summed E-state index contributed by atoms with van der Waals surface area (Å²) < 4.78 is 38.6. The summed E-state index contributed by atoms with van der Waals surface area (Å²) in [7, 11) is -3.62. The average molecular weight is 420 g/mol. The molecule has 146 valence electrons. The number of nitriles is 1. The molecule has 0 fully saturated rings. The third-order valence-corrected chi connectivity index (χ3v) is 6.12. The molecule has 2 heterocycles. The van der Waals surface area contributed by atoms with Crippen LogP contribution in [0.15, 0.2) is 28.9 Å². The first-order valence-electron chi connectivity index (χ1n) is 8.18. The third kappa shape index (κ3) is 4.47. The minimum Gasteiger partial charge on any atom is -0.454 e. The topological polar surface area (TPSA) is 131 Å². The van der Waals surface area contributed by atoms with Crippen LogP contribution in [0.4, 0.5) is 5.13 Å². The number of rotatable bonds is 6. The summed E-state index contributed by atoms with van der Waals surface area (Å²) in [5.41, 5.74) is 0.397. The minimum atomic E-state index is -3.62. The van der Waals surface area contributed by atoms with Gasteiger partial charge in [0.25, 0.3) is 11.1 Å². The Bertz CT molecular complexity index is 1080. The smallest absolute Gasteiger partial charge is 0.268 e. The number of sulfone groups is 1. The lowest BCUT2D eigenvalue weighted by Gasteiger charge is -2.02. The SMILES string of the molecule is CC(C)CS(=O)(=O)c1nsc(NC(=O)/C(C#N)=C\c2ccc3c(c2)OCO3)n1. The summed E-state index contributed by atoms with van der Waals surface area (Å²) in [6.45, 7) is 3.66. The number of nitrogens with one attached hydrogen (secondary N) is 1. The molecule has 0 unspecified atom stereocenters. The van der Waals surface area contributed by atoms with E-state index >= 15 is 0 Å². The van der Waals surface area contributed by atoms with E-state index in [1.807, 2.05) is 6.07 Å². The molecule has 0 saturated carbocycles. The molecule has 1 aromatic heterocycles. The summed E-state index contributed by atoms with van der Waals surface area (Å²) in [4.78, 5) is 16.2. The van der Waals surface area contributed by atoms with Gasteiger partial charge in [0.2, 0.25) is 21.8 Å². The van der Waals surface area contributed by atoms with Gasteiger partial charge in [-0.05, 0) is 29.7 Å². The van der Waals surface area contributed by atoms with Crippen LogP contribution in [-0.4, -0.2) is 36.2 Å². The van der Waals surface area contributed by atoms with Gasteiger partial charge in [-0.15, -0.1) is 0 Å². The Morgan fingerprint density at radius 2 is 2.14 bits per heavy atom. The van der Waals surface area contributed by atoms with Gasteiger partial charge >= 0.3 is 0 Å². The molecule has 1 aliphatic rings. The van der Waals surface area contributed by atoms with E-state index in [0.717, 1.165) is 11.5 Å². The highest BCUT2D eigenvalue weighted by molar-refractivity contribution is 7.91. The molecule has 28 heavy (non-hydrogen) atoms. The van der Waals surface area contributed by atoms with Gasteiger partial charge < -0.3 is 9.47 Å². The standard InChI is InChI=1S/C17H16N4O5S2/c1-10(2)8-28(23,24)17-20-16(27-21-17)19-15(22)12(7-18)5-11-3-4-13-14(6-11)26-9-25-13/h3-6,10H,8-9H2,1-2H3,(H,19,20,21,22)/b12-5-. The maximum Gasteiger partial charge on any atom is 0.268 e. The van der Waals surface area contributed by atoms with Gasteiger partial charge in [0, 0.05) is 11.5 Å². The number of carbonyl (C=O) groups is 1. The monoisotopic (exact) mass is 420 g/mol. The molecule has 0 bridgehead atoms. The fourth-order valence-corrected chi connectivity index (χ4v) is 4.74. The lowest BCUT2D eigenvalue weighted by Crippen LogP contribution is -2.15. The second kappa shape index (κ2) is 7.95. The average Bonchev–Trinajstić information content (AvgIpc) is 3.27. The molecule has 0 spiro atoms. The molecule has 0 aliphatic carbocycles. The number of carbonyl (C=O) groups excluding carboxylic acids is 1. The van der Waals surface area contributed by atoms with Crippen LogP contribution < -0.4 is 14.8 Å². The summed E-state index contributed by atoms with van der Waals surface area (Å²) >= 11 is 0.737. The lowest BCUT2D eigenvalue weighted by molar-refractivity contribution is -0.112. The predicted molar refractivity (Wildman–Crippen MR) is 102 cm³/mol. The van der Waals surface area contributed by atoms with Gasteiger partial charge in [0.15, 0.2) is 11.5 Å². The van der Waals surface area contributed by atoms with E-state index < -0.39 is 15.7 Å². The fraction of sp³-hybridized carbons (Fsp3) is 0.294. The molecule has 1 amide bonds. The van der Waals surface area contributed by atoms with Crippen molar-refractivity contribution in [3.63, 3.8) is 0 Å². The minimum absolute atomic E-state index is 0.000771. The van der Waals surface area contributed by atoms with Crippen LogP contribution in [0, 0.1) is 17.2 Å². The molecule has 0 saturated heterocycles. The summed E-state index contributed by atoms with van der Waals surface area (Å²) in [6, 6.07) is 6.82. The molecule has 1 aliphatic heterocycles. The van der Waals surface area contributed by atoms with Crippen molar-refractivity contribution in [1.29, 1.82) is 5.26 Å². The number of hydrogen-bond acceptors (Lipinski definition) is 9. The molecule has 0 radical (unpaired) electrons. The zero-order valence-electron chi connectivity index (χ0n) is 15.0. The number of benzene rings is 1. The van der Waals surface area contributed by atoms with E-state index in [0.29, 0.717) is 17.1 Å². The van der Waals surface area contributed by atoms with E-state index in [4.69, 9.17) is 9.47 Å². The number of amides is 1. The van der Waals surface area contributed by atoms with Crippen molar-refractivity contribution < 1.29 is 22.7 Å². The zero-order valence-corrected chi connectivity index (χ0v) is 16.6. The van der Waals surface area contributed by atoms with Crippen LogP contribution >= 0.6 is 11.5 Å². The number of nitrogens with zero attached hydrogens (tertiary/aromatic N) is 3. The van der Waals surface area contributed by atoms with Crippen LogP contribution in [0.25, 0.3) is 6.08 Å². The van der Waals surface area contributed by atoms with Crippen molar-refractivity contribution in [2.24, 2.45) is 5.92 Å². The van der Waals surface area contributed by atoms with E-state index in [9.17, 15) is 18.5 Å². The van der Waals surface area contributed by atoms with Gasteiger partial charge in [-0.3, -0.25) is 10.1 Å². The van der Waals surface area contributed by atoms with E-state index in [-0.39, 0.29) is 34.3 Å². The number of aromatic nitrogens is 2. The van der Waals surface area contributed by atoms with Crippen molar-refractivity contribution in [1.82, 2.24) is 9.36 Å². The number of hydrogen-bond donors (Lipinski definition) is 1. The van der Waals surface area contributed by atoms with Crippen molar-refractivity contribution in [3.05, 3.63) is 29.3 Å². The molecular weight excluding hydrogens is 404 g/mol. The molecule has 2 aromatic rings. The first kappa shape index (κ1) is 19.8. The maximum atomic E-state index is 12.4. The zero-order chi connectivity index (χ0) is 20.3. The summed E-state index contributed by atoms with van der Waals surface area (Å²) in [5.74, 6) is 0.218. The van der Waals surface area contributed by atoms with Gasteiger partial charge in [-0.2, -0.15) is 14.6 Å². The number of fused-ring (bicyclic) bond motifs is 1. The fourth-order valence-electron chi connectivity index (χ4n) is 2.38. The van der Waals surface area contributed by atoms with Gasteiger partial charge in [-0.1, -0.05) is 19.9 Å².